The van der Waals surface area contributed by atoms with Crippen LogP contribution in [0.2, 0.25) is 0 Å². The summed E-state index contributed by atoms with van der Waals surface area (Å²) in [4.78, 5) is 4.63. The van der Waals surface area contributed by atoms with E-state index in [0.717, 1.165) is 35.9 Å². The number of pyridine rings is 1. The second-order valence-electron chi connectivity index (χ2n) is 5.87. The molecule has 0 radical (unpaired) electrons. The Hall–Kier alpha value is -0.870. The number of aryl methyl sites for hydroxylation is 2. The van der Waals surface area contributed by atoms with Gasteiger partial charge in [0.2, 0.25) is 0 Å². The molecule has 0 aromatic carbocycles. The van der Waals surface area contributed by atoms with Gasteiger partial charge in [-0.2, -0.15) is 0 Å². The number of aromatic nitrogens is 2. The van der Waals surface area contributed by atoms with Crippen molar-refractivity contribution >= 4 is 27.0 Å². The van der Waals surface area contributed by atoms with Gasteiger partial charge < -0.3 is 9.30 Å². The second-order valence-corrected chi connectivity index (χ2v) is 6.69. The summed E-state index contributed by atoms with van der Waals surface area (Å²) in [7, 11) is 2.13. The van der Waals surface area contributed by atoms with E-state index in [0.29, 0.717) is 12.2 Å². The molecule has 0 saturated heterocycles. The average molecular weight is 337 g/mol. The maximum absolute atomic E-state index is 6.01. The van der Waals surface area contributed by atoms with Gasteiger partial charge in [0.25, 0.3) is 0 Å². The van der Waals surface area contributed by atoms with E-state index in [9.17, 15) is 0 Å². The minimum atomic E-state index is 0.315. The quantitative estimate of drug-likeness (QED) is 0.612. The lowest BCUT2D eigenvalue weighted by Gasteiger charge is -2.18. The highest BCUT2D eigenvalue weighted by atomic mass is 79.9. The van der Waals surface area contributed by atoms with Crippen LogP contribution in [-0.4, -0.2) is 21.8 Å². The van der Waals surface area contributed by atoms with Crippen molar-refractivity contribution in [3.8, 4) is 0 Å². The molecule has 2 heterocycles. The highest BCUT2D eigenvalue weighted by molar-refractivity contribution is 9.10. The Bertz CT molecular complexity index is 633. The highest BCUT2D eigenvalue weighted by Gasteiger charge is 2.23. The molecule has 0 spiro atoms. The van der Waals surface area contributed by atoms with Gasteiger partial charge in [-0.15, -0.1) is 0 Å². The van der Waals surface area contributed by atoms with Gasteiger partial charge in [-0.3, -0.25) is 0 Å². The Labute approximate surface area is 128 Å². The van der Waals surface area contributed by atoms with E-state index in [1.54, 1.807) is 0 Å². The van der Waals surface area contributed by atoms with Crippen LogP contribution in [0.4, 0.5) is 0 Å². The molecule has 3 nitrogen and oxygen atoms in total. The Kier molecular flexibility index (Phi) is 3.87. The van der Waals surface area contributed by atoms with E-state index in [1.165, 1.54) is 16.6 Å². The summed E-state index contributed by atoms with van der Waals surface area (Å²) < 4.78 is 9.17. The Morgan fingerprint density at radius 3 is 2.80 bits per heavy atom. The highest BCUT2D eigenvalue weighted by Crippen LogP contribution is 2.31. The zero-order valence-electron chi connectivity index (χ0n) is 12.3. The van der Waals surface area contributed by atoms with Gasteiger partial charge in [-0.25, -0.2) is 4.98 Å². The minimum absolute atomic E-state index is 0.315. The molecule has 1 aliphatic rings. The van der Waals surface area contributed by atoms with Gasteiger partial charge in [-0.05, 0) is 73.2 Å². The minimum Gasteiger partial charge on any atom is -0.376 e. The SMILES string of the molecule is CC(C)OC1CCc2c(n(C)c3nc(Br)ccc23)CC1. The van der Waals surface area contributed by atoms with E-state index in [1.807, 2.05) is 6.07 Å². The average Bonchev–Trinajstić information content (AvgIpc) is 2.55. The van der Waals surface area contributed by atoms with Gasteiger partial charge >= 0.3 is 0 Å². The van der Waals surface area contributed by atoms with Crippen molar-refractivity contribution < 1.29 is 4.74 Å². The van der Waals surface area contributed by atoms with E-state index in [4.69, 9.17) is 4.74 Å². The molecular weight excluding hydrogens is 316 g/mol. The van der Waals surface area contributed by atoms with E-state index < -0.39 is 0 Å². The van der Waals surface area contributed by atoms with Crippen molar-refractivity contribution in [3.05, 3.63) is 28.0 Å². The van der Waals surface area contributed by atoms with Crippen LogP contribution in [0.3, 0.4) is 0 Å². The summed E-state index contributed by atoms with van der Waals surface area (Å²) >= 11 is 3.47. The lowest BCUT2D eigenvalue weighted by Crippen LogP contribution is -2.18. The zero-order valence-corrected chi connectivity index (χ0v) is 13.9. The van der Waals surface area contributed by atoms with Crippen LogP contribution in [0.15, 0.2) is 16.7 Å². The van der Waals surface area contributed by atoms with E-state index in [2.05, 4.69) is 52.4 Å². The molecule has 1 unspecified atom stereocenters. The van der Waals surface area contributed by atoms with Crippen molar-refractivity contribution in [2.75, 3.05) is 0 Å². The fourth-order valence-electron chi connectivity index (χ4n) is 3.27. The third kappa shape index (κ3) is 2.51. The van der Waals surface area contributed by atoms with Gasteiger partial charge in [0.05, 0.1) is 12.2 Å². The first kappa shape index (κ1) is 14.1. The Morgan fingerprint density at radius 1 is 1.30 bits per heavy atom. The lowest BCUT2D eigenvalue weighted by molar-refractivity contribution is 0.000357. The van der Waals surface area contributed by atoms with Crippen LogP contribution in [-0.2, 0) is 24.6 Å². The maximum atomic E-state index is 6.01. The molecule has 0 saturated carbocycles. The van der Waals surface area contributed by atoms with Crippen molar-refractivity contribution in [3.63, 3.8) is 0 Å². The molecule has 20 heavy (non-hydrogen) atoms. The molecule has 0 fully saturated rings. The lowest BCUT2D eigenvalue weighted by atomic mass is 10.1. The van der Waals surface area contributed by atoms with E-state index >= 15 is 0 Å². The first-order chi connectivity index (χ1) is 9.56. The third-order valence-corrected chi connectivity index (χ3v) is 4.56. The molecule has 2 aromatic rings. The van der Waals surface area contributed by atoms with Crippen LogP contribution < -0.4 is 0 Å². The number of fused-ring (bicyclic) bond motifs is 3. The van der Waals surface area contributed by atoms with Crippen LogP contribution >= 0.6 is 15.9 Å². The largest absolute Gasteiger partial charge is 0.376 e. The zero-order chi connectivity index (χ0) is 14.3. The predicted octanol–water partition coefficient (Wildman–Crippen LogP) is 4.01. The molecule has 4 heteroatoms. The summed E-state index contributed by atoms with van der Waals surface area (Å²) in [5.74, 6) is 0. The maximum Gasteiger partial charge on any atom is 0.141 e. The van der Waals surface area contributed by atoms with E-state index in [-0.39, 0.29) is 0 Å². The van der Waals surface area contributed by atoms with Crippen LogP contribution in [0.5, 0.6) is 0 Å². The summed E-state index contributed by atoms with van der Waals surface area (Å²) in [6.07, 6.45) is 5.10. The van der Waals surface area contributed by atoms with Crippen molar-refractivity contribution in [2.45, 2.75) is 51.7 Å². The summed E-state index contributed by atoms with van der Waals surface area (Å²) in [6.45, 7) is 4.24. The summed E-state index contributed by atoms with van der Waals surface area (Å²) in [5.41, 5.74) is 3.99. The number of hydrogen-bond donors (Lipinski definition) is 0. The second kappa shape index (κ2) is 5.49. The number of ether oxygens (including phenoxy) is 1. The molecule has 2 aromatic heterocycles. The van der Waals surface area contributed by atoms with Crippen molar-refractivity contribution in [1.29, 1.82) is 0 Å². The van der Waals surface area contributed by atoms with Gasteiger partial charge in [0.15, 0.2) is 0 Å². The first-order valence-corrected chi connectivity index (χ1v) is 8.13. The molecule has 108 valence electrons. The fraction of sp³-hybridized carbons (Fsp3) is 0.562. The standard InChI is InChI=1S/C16H21BrN2O/c1-10(2)20-11-4-6-12-13-7-9-15(17)18-16(13)19(3)14(12)8-5-11/h7,9-11H,4-6,8H2,1-3H3. The van der Waals surface area contributed by atoms with Crippen LogP contribution in [0.1, 0.15) is 37.9 Å². The first-order valence-electron chi connectivity index (χ1n) is 7.34. The topological polar surface area (TPSA) is 27.1 Å². The van der Waals surface area contributed by atoms with Gasteiger partial charge in [0.1, 0.15) is 10.3 Å². The van der Waals surface area contributed by atoms with Gasteiger partial charge in [0, 0.05) is 18.1 Å². The smallest absolute Gasteiger partial charge is 0.141 e. The predicted molar refractivity (Wildman–Crippen MR) is 85.1 cm³/mol. The van der Waals surface area contributed by atoms with Crippen LogP contribution in [0.25, 0.3) is 11.0 Å². The van der Waals surface area contributed by atoms with Crippen LogP contribution in [0, 0.1) is 0 Å². The third-order valence-electron chi connectivity index (χ3n) is 4.12. The molecule has 1 atom stereocenters. The Balaban J connectivity index is 1.96. The molecule has 1 aliphatic carbocycles. The normalized spacial score (nSPS) is 19.4. The molecule has 0 bridgehead atoms. The number of nitrogens with zero attached hydrogens (tertiary/aromatic N) is 2. The van der Waals surface area contributed by atoms with Gasteiger partial charge in [-0.1, -0.05) is 0 Å². The number of halogens is 1. The van der Waals surface area contributed by atoms with Crippen molar-refractivity contribution in [2.24, 2.45) is 7.05 Å². The van der Waals surface area contributed by atoms with Crippen molar-refractivity contribution in [1.82, 2.24) is 9.55 Å². The number of rotatable bonds is 2. The number of hydrogen-bond acceptors (Lipinski definition) is 2. The Morgan fingerprint density at radius 2 is 2.05 bits per heavy atom. The molecule has 0 N–H and O–H groups in total. The summed E-state index contributed by atoms with van der Waals surface area (Å²) in [6, 6.07) is 4.23. The molecule has 0 amide bonds. The fourth-order valence-corrected chi connectivity index (χ4v) is 3.57. The molecular formula is C16H21BrN2O. The molecule has 3 rings (SSSR count). The summed E-state index contributed by atoms with van der Waals surface area (Å²) in [5, 5.41) is 1.30. The monoisotopic (exact) mass is 336 g/mol. The molecule has 0 aliphatic heterocycles.